The minimum Gasteiger partial charge on any atom is -0.490 e. The van der Waals surface area contributed by atoms with Crippen LogP contribution in [0.4, 0.5) is 10.1 Å². The van der Waals surface area contributed by atoms with Crippen LogP contribution in [-0.2, 0) is 15.0 Å². The van der Waals surface area contributed by atoms with E-state index in [1.165, 1.54) is 6.07 Å². The van der Waals surface area contributed by atoms with Crippen molar-refractivity contribution in [3.8, 4) is 5.75 Å². The van der Waals surface area contributed by atoms with Gasteiger partial charge in [0.1, 0.15) is 17.3 Å². The Balaban J connectivity index is 1.60. The summed E-state index contributed by atoms with van der Waals surface area (Å²) in [6, 6.07) is 14.1. The van der Waals surface area contributed by atoms with Crippen LogP contribution in [0, 0.1) is 5.82 Å². The highest BCUT2D eigenvalue weighted by Crippen LogP contribution is 2.59. The zero-order valence-electron chi connectivity index (χ0n) is 20.7. The molecule has 0 radical (unpaired) electrons. The number of halogens is 4. The Labute approximate surface area is 240 Å². The lowest BCUT2D eigenvalue weighted by Crippen LogP contribution is -2.57. The first-order chi connectivity index (χ1) is 18.8. The Morgan fingerprint density at radius 3 is 2.49 bits per heavy atom. The fourth-order valence-electron chi connectivity index (χ4n) is 6.26. The van der Waals surface area contributed by atoms with E-state index in [1.807, 2.05) is 6.07 Å². The molecular formula is C29H25Cl3FN3O3. The SMILES string of the molecule is O=C1C[C@@H](c2cccc(Cl)c2)[C@]2(C(=O)Nc3cc(Cl)ccc32)[C@H](c2c(OC3CCNCC3)ccc(Cl)c2F)N1. The summed E-state index contributed by atoms with van der Waals surface area (Å²) in [6.45, 7) is 1.54. The maximum absolute atomic E-state index is 16.2. The molecule has 3 atom stereocenters. The standard InChI is InChI=1S/C29H25Cl3FN3O3/c30-16-3-1-2-15(12-16)20-14-24(37)36-27(29(20)19-5-4-17(31)13-22(19)35-28(29)38)25-23(7-6-21(32)26(25)33)39-18-8-10-34-11-9-18/h1-7,12-13,18,20,27,34H,8-11,14H2,(H,35,38)(H,36,37)/t20-,27-,29-/m0/s1. The number of ether oxygens (including phenoxy) is 1. The van der Waals surface area contributed by atoms with Gasteiger partial charge in [0.25, 0.3) is 0 Å². The van der Waals surface area contributed by atoms with Crippen LogP contribution in [0.3, 0.4) is 0 Å². The molecule has 0 aliphatic carbocycles. The molecule has 0 unspecified atom stereocenters. The van der Waals surface area contributed by atoms with Crippen LogP contribution in [0.5, 0.6) is 5.75 Å². The van der Waals surface area contributed by atoms with E-state index < -0.39 is 23.2 Å². The maximum atomic E-state index is 16.2. The molecular weight excluding hydrogens is 564 g/mol. The summed E-state index contributed by atoms with van der Waals surface area (Å²) in [4.78, 5) is 27.6. The van der Waals surface area contributed by atoms with E-state index in [9.17, 15) is 9.59 Å². The third-order valence-electron chi connectivity index (χ3n) is 7.96. The van der Waals surface area contributed by atoms with Gasteiger partial charge in [-0.05, 0) is 73.5 Å². The van der Waals surface area contributed by atoms with E-state index in [1.54, 1.807) is 42.5 Å². The van der Waals surface area contributed by atoms with Gasteiger partial charge in [-0.2, -0.15) is 0 Å². The highest BCUT2D eigenvalue weighted by atomic mass is 35.5. The molecule has 202 valence electrons. The summed E-state index contributed by atoms with van der Waals surface area (Å²) in [5, 5.41) is 9.96. The van der Waals surface area contributed by atoms with Crippen molar-refractivity contribution in [3.05, 3.63) is 92.2 Å². The molecule has 10 heteroatoms. The predicted octanol–water partition coefficient (Wildman–Crippen LogP) is 6.15. The number of nitrogens with one attached hydrogen (secondary N) is 3. The molecule has 6 rings (SSSR count). The molecule has 3 aliphatic rings. The van der Waals surface area contributed by atoms with Gasteiger partial charge in [-0.25, -0.2) is 4.39 Å². The number of piperidine rings is 2. The molecule has 3 heterocycles. The molecule has 39 heavy (non-hydrogen) atoms. The molecule has 0 saturated carbocycles. The van der Waals surface area contributed by atoms with Gasteiger partial charge in [0.05, 0.1) is 16.6 Å². The molecule has 3 aromatic rings. The second kappa shape index (κ2) is 10.3. The van der Waals surface area contributed by atoms with Gasteiger partial charge < -0.3 is 20.7 Å². The van der Waals surface area contributed by atoms with Crippen molar-refractivity contribution in [1.82, 2.24) is 10.6 Å². The maximum Gasteiger partial charge on any atom is 0.238 e. The minimum atomic E-state index is -1.45. The summed E-state index contributed by atoms with van der Waals surface area (Å²) in [6.07, 6.45) is 1.30. The number of amides is 2. The van der Waals surface area contributed by atoms with Gasteiger partial charge >= 0.3 is 0 Å². The summed E-state index contributed by atoms with van der Waals surface area (Å²) in [5.74, 6) is -1.90. The number of carbonyl (C=O) groups excluding carboxylic acids is 2. The summed E-state index contributed by atoms with van der Waals surface area (Å²) in [5.41, 5.74) is 0.377. The van der Waals surface area contributed by atoms with Gasteiger partial charge in [-0.1, -0.05) is 53.0 Å². The zero-order valence-corrected chi connectivity index (χ0v) is 23.0. The quantitative estimate of drug-likeness (QED) is 0.342. The lowest BCUT2D eigenvalue weighted by atomic mass is 9.59. The summed E-state index contributed by atoms with van der Waals surface area (Å²) >= 11 is 19.0. The first kappa shape index (κ1) is 26.4. The molecule has 2 fully saturated rings. The van der Waals surface area contributed by atoms with Crippen molar-refractivity contribution in [1.29, 1.82) is 0 Å². The van der Waals surface area contributed by atoms with Gasteiger partial charge in [-0.15, -0.1) is 0 Å². The number of fused-ring (bicyclic) bond motifs is 2. The Kier molecular flexibility index (Phi) is 6.96. The van der Waals surface area contributed by atoms with Gasteiger partial charge in [-0.3, -0.25) is 9.59 Å². The highest BCUT2D eigenvalue weighted by Gasteiger charge is 2.62. The van der Waals surface area contributed by atoms with Gasteiger partial charge in [0, 0.05) is 28.1 Å². The lowest BCUT2D eigenvalue weighted by Gasteiger charge is -2.46. The van der Waals surface area contributed by atoms with Crippen molar-refractivity contribution in [2.75, 3.05) is 18.4 Å². The molecule has 2 saturated heterocycles. The molecule has 2 amide bonds. The monoisotopic (exact) mass is 587 g/mol. The van der Waals surface area contributed by atoms with Crippen LogP contribution in [0.2, 0.25) is 15.1 Å². The van der Waals surface area contributed by atoms with Crippen molar-refractivity contribution in [3.63, 3.8) is 0 Å². The van der Waals surface area contributed by atoms with E-state index in [0.29, 0.717) is 26.9 Å². The van der Waals surface area contributed by atoms with Crippen LogP contribution in [-0.4, -0.2) is 31.0 Å². The smallest absolute Gasteiger partial charge is 0.238 e. The Morgan fingerprint density at radius 2 is 1.72 bits per heavy atom. The summed E-state index contributed by atoms with van der Waals surface area (Å²) in [7, 11) is 0. The second-order valence-corrected chi connectivity index (χ2v) is 11.4. The number of anilines is 1. The molecule has 3 aromatic carbocycles. The number of hydrogen-bond acceptors (Lipinski definition) is 4. The lowest BCUT2D eigenvalue weighted by molar-refractivity contribution is -0.131. The third-order valence-corrected chi connectivity index (χ3v) is 8.73. The highest BCUT2D eigenvalue weighted by molar-refractivity contribution is 6.31. The van der Waals surface area contributed by atoms with Gasteiger partial charge in [0.2, 0.25) is 11.8 Å². The molecule has 3 aliphatic heterocycles. The fraction of sp³-hybridized carbons (Fsp3) is 0.310. The van der Waals surface area contributed by atoms with E-state index >= 15 is 4.39 Å². The van der Waals surface area contributed by atoms with Crippen LogP contribution in [0.15, 0.2) is 54.6 Å². The Hall–Kier alpha value is -2.84. The second-order valence-electron chi connectivity index (χ2n) is 10.2. The van der Waals surface area contributed by atoms with E-state index in [0.717, 1.165) is 25.9 Å². The first-order valence-electron chi connectivity index (χ1n) is 12.8. The average molecular weight is 589 g/mol. The van der Waals surface area contributed by atoms with Crippen molar-refractivity contribution >= 4 is 52.3 Å². The molecule has 3 N–H and O–H groups in total. The van der Waals surface area contributed by atoms with Crippen molar-refractivity contribution in [2.45, 2.75) is 42.7 Å². The van der Waals surface area contributed by atoms with E-state index in [-0.39, 0.29) is 40.7 Å². The largest absolute Gasteiger partial charge is 0.490 e. The number of carbonyl (C=O) groups is 2. The van der Waals surface area contributed by atoms with Crippen LogP contribution >= 0.6 is 34.8 Å². The minimum absolute atomic E-state index is 0.0149. The average Bonchev–Trinajstić information content (AvgIpc) is 3.19. The first-order valence-corrected chi connectivity index (χ1v) is 13.9. The third kappa shape index (κ3) is 4.45. The number of rotatable bonds is 4. The summed E-state index contributed by atoms with van der Waals surface area (Å²) < 4.78 is 22.5. The van der Waals surface area contributed by atoms with E-state index in [4.69, 9.17) is 39.5 Å². The molecule has 0 bridgehead atoms. The normalized spacial score (nSPS) is 24.8. The van der Waals surface area contributed by atoms with Crippen LogP contribution in [0.25, 0.3) is 0 Å². The Morgan fingerprint density at radius 1 is 0.949 bits per heavy atom. The topological polar surface area (TPSA) is 79.5 Å². The fourth-order valence-corrected chi connectivity index (χ4v) is 6.80. The predicted molar refractivity (Wildman–Crippen MR) is 149 cm³/mol. The Bertz CT molecular complexity index is 1480. The van der Waals surface area contributed by atoms with Crippen molar-refractivity contribution in [2.24, 2.45) is 0 Å². The molecule has 0 aromatic heterocycles. The number of benzene rings is 3. The van der Waals surface area contributed by atoms with Gasteiger partial charge in [0.15, 0.2) is 5.82 Å². The molecule has 1 spiro atoms. The number of hydrogen-bond donors (Lipinski definition) is 3. The van der Waals surface area contributed by atoms with Crippen LogP contribution < -0.4 is 20.7 Å². The van der Waals surface area contributed by atoms with Crippen LogP contribution in [0.1, 0.15) is 47.9 Å². The zero-order chi connectivity index (χ0) is 27.3. The molecule has 6 nitrogen and oxygen atoms in total. The van der Waals surface area contributed by atoms with E-state index in [2.05, 4.69) is 16.0 Å². The van der Waals surface area contributed by atoms with Crippen molar-refractivity contribution < 1.29 is 18.7 Å².